The zero-order chi connectivity index (χ0) is 8.84. The van der Waals surface area contributed by atoms with E-state index in [-0.39, 0.29) is 0 Å². The lowest BCUT2D eigenvalue weighted by Crippen LogP contribution is -1.80. The lowest BCUT2D eigenvalue weighted by molar-refractivity contribution is 1.05. The van der Waals surface area contributed by atoms with Gasteiger partial charge in [-0.15, -0.1) is 0 Å². The quantitative estimate of drug-likeness (QED) is 0.756. The molecule has 2 heterocycles. The zero-order valence-electron chi connectivity index (χ0n) is 6.92. The third-order valence-corrected chi connectivity index (χ3v) is 2.52. The summed E-state index contributed by atoms with van der Waals surface area (Å²) < 4.78 is 0. The fourth-order valence-electron chi connectivity index (χ4n) is 1.51. The molecule has 1 aliphatic carbocycles. The fraction of sp³-hybridized carbons (Fsp3) is 0.333. The maximum Gasteiger partial charge on any atom is 0.156 e. The van der Waals surface area contributed by atoms with Crippen LogP contribution in [0.15, 0.2) is 12.3 Å². The van der Waals surface area contributed by atoms with E-state index in [9.17, 15) is 0 Å². The maximum atomic E-state index is 5.74. The minimum atomic E-state index is 0.453. The number of aromatic nitrogens is 3. The summed E-state index contributed by atoms with van der Waals surface area (Å²) in [5, 5.41) is 0.453. The van der Waals surface area contributed by atoms with E-state index < -0.39 is 0 Å². The highest BCUT2D eigenvalue weighted by Crippen LogP contribution is 2.40. The van der Waals surface area contributed by atoms with Crippen molar-refractivity contribution in [3.63, 3.8) is 0 Å². The molecule has 1 N–H and O–H groups in total. The van der Waals surface area contributed by atoms with Crippen LogP contribution < -0.4 is 0 Å². The van der Waals surface area contributed by atoms with Crippen LogP contribution in [-0.2, 0) is 0 Å². The Bertz CT molecular complexity index is 459. The highest BCUT2D eigenvalue weighted by Gasteiger charge is 2.25. The Morgan fingerprint density at radius 1 is 1.46 bits per heavy atom. The summed E-state index contributed by atoms with van der Waals surface area (Å²) in [5.74, 6) is 0.703. The summed E-state index contributed by atoms with van der Waals surface area (Å²) in [5.41, 5.74) is 2.96. The molecule has 1 saturated carbocycles. The predicted molar refractivity (Wildman–Crippen MR) is 50.9 cm³/mol. The highest BCUT2D eigenvalue weighted by atomic mass is 35.5. The number of nitrogens with one attached hydrogen (secondary N) is 1. The van der Waals surface area contributed by atoms with Crippen molar-refractivity contribution in [3.05, 3.63) is 23.1 Å². The molecule has 0 amide bonds. The number of hydrogen-bond acceptors (Lipinski definition) is 2. The van der Waals surface area contributed by atoms with Crippen LogP contribution in [0.25, 0.3) is 11.2 Å². The average molecular weight is 194 g/mol. The third kappa shape index (κ3) is 1.20. The van der Waals surface area contributed by atoms with Gasteiger partial charge in [-0.3, -0.25) is 0 Å². The van der Waals surface area contributed by atoms with Crippen molar-refractivity contribution in [2.45, 2.75) is 18.8 Å². The number of aromatic amines is 1. The molecule has 3 nitrogen and oxygen atoms in total. The summed E-state index contributed by atoms with van der Waals surface area (Å²) in [7, 11) is 0. The predicted octanol–water partition coefficient (Wildman–Crippen LogP) is 2.49. The van der Waals surface area contributed by atoms with Crippen molar-refractivity contribution in [1.82, 2.24) is 15.0 Å². The summed E-state index contributed by atoms with van der Waals surface area (Å²) in [6, 6.07) is 2.05. The molecule has 0 bridgehead atoms. The van der Waals surface area contributed by atoms with Gasteiger partial charge in [0.05, 0.1) is 6.20 Å². The Balaban J connectivity index is 2.20. The van der Waals surface area contributed by atoms with Crippen LogP contribution in [0.3, 0.4) is 0 Å². The molecule has 4 heteroatoms. The molecule has 0 saturated heterocycles. The molecule has 0 spiro atoms. The van der Waals surface area contributed by atoms with Gasteiger partial charge in [0.2, 0.25) is 0 Å². The van der Waals surface area contributed by atoms with Crippen LogP contribution in [0.2, 0.25) is 5.15 Å². The molecule has 2 aromatic heterocycles. The first kappa shape index (κ1) is 7.33. The SMILES string of the molecule is Clc1cnc2[nH]c(C3CC3)cc2n1. The van der Waals surface area contributed by atoms with Gasteiger partial charge < -0.3 is 4.98 Å². The molecule has 0 aliphatic heterocycles. The summed E-state index contributed by atoms with van der Waals surface area (Å²) >= 11 is 5.74. The van der Waals surface area contributed by atoms with Gasteiger partial charge in [-0.1, -0.05) is 11.6 Å². The fourth-order valence-corrected chi connectivity index (χ4v) is 1.65. The van der Waals surface area contributed by atoms with Crippen LogP contribution in [0.5, 0.6) is 0 Å². The van der Waals surface area contributed by atoms with Crippen LogP contribution in [-0.4, -0.2) is 15.0 Å². The van der Waals surface area contributed by atoms with Crippen molar-refractivity contribution in [1.29, 1.82) is 0 Å². The molecule has 3 rings (SSSR count). The van der Waals surface area contributed by atoms with Gasteiger partial charge in [0, 0.05) is 5.69 Å². The Kier molecular flexibility index (Phi) is 1.38. The van der Waals surface area contributed by atoms with Crippen molar-refractivity contribution < 1.29 is 0 Å². The number of rotatable bonds is 1. The van der Waals surface area contributed by atoms with E-state index in [0.717, 1.165) is 11.2 Å². The molecule has 0 radical (unpaired) electrons. The number of nitrogens with zero attached hydrogens (tertiary/aromatic N) is 2. The van der Waals surface area contributed by atoms with Gasteiger partial charge in [0.15, 0.2) is 5.65 Å². The van der Waals surface area contributed by atoms with E-state index in [0.29, 0.717) is 11.1 Å². The van der Waals surface area contributed by atoms with E-state index in [1.165, 1.54) is 18.5 Å². The normalized spacial score (nSPS) is 16.7. The van der Waals surface area contributed by atoms with Gasteiger partial charge >= 0.3 is 0 Å². The minimum absolute atomic E-state index is 0.453. The van der Waals surface area contributed by atoms with Gasteiger partial charge in [0.25, 0.3) is 0 Å². The Morgan fingerprint density at radius 2 is 2.31 bits per heavy atom. The largest absolute Gasteiger partial charge is 0.342 e. The third-order valence-electron chi connectivity index (χ3n) is 2.34. The van der Waals surface area contributed by atoms with Crippen molar-refractivity contribution in [2.75, 3.05) is 0 Å². The van der Waals surface area contributed by atoms with Crippen LogP contribution in [0, 0.1) is 0 Å². The first-order chi connectivity index (χ1) is 6.33. The van der Waals surface area contributed by atoms with Crippen LogP contribution in [0.1, 0.15) is 24.5 Å². The summed E-state index contributed by atoms with van der Waals surface area (Å²) in [6.45, 7) is 0. The molecule has 1 fully saturated rings. The van der Waals surface area contributed by atoms with Gasteiger partial charge in [-0.05, 0) is 24.8 Å². The maximum absolute atomic E-state index is 5.74. The monoisotopic (exact) mass is 193 g/mol. The molecule has 1 aliphatic rings. The topological polar surface area (TPSA) is 41.6 Å². The molecular formula is C9H8ClN3. The highest BCUT2D eigenvalue weighted by molar-refractivity contribution is 6.29. The van der Waals surface area contributed by atoms with E-state index in [2.05, 4.69) is 15.0 Å². The van der Waals surface area contributed by atoms with Crippen molar-refractivity contribution >= 4 is 22.8 Å². The smallest absolute Gasteiger partial charge is 0.156 e. The molecule has 13 heavy (non-hydrogen) atoms. The first-order valence-electron chi connectivity index (χ1n) is 4.34. The van der Waals surface area contributed by atoms with E-state index in [1.807, 2.05) is 6.07 Å². The molecule has 0 atom stereocenters. The second-order valence-corrected chi connectivity index (χ2v) is 3.81. The van der Waals surface area contributed by atoms with Crippen LogP contribution >= 0.6 is 11.6 Å². The minimum Gasteiger partial charge on any atom is -0.342 e. The van der Waals surface area contributed by atoms with Crippen LogP contribution in [0.4, 0.5) is 0 Å². The van der Waals surface area contributed by atoms with E-state index in [1.54, 1.807) is 6.20 Å². The van der Waals surface area contributed by atoms with Crippen molar-refractivity contribution in [3.8, 4) is 0 Å². The molecule has 66 valence electrons. The zero-order valence-corrected chi connectivity index (χ0v) is 7.67. The summed E-state index contributed by atoms with van der Waals surface area (Å²) in [6.07, 6.45) is 4.12. The molecular weight excluding hydrogens is 186 g/mol. The van der Waals surface area contributed by atoms with Gasteiger partial charge in [-0.25, -0.2) is 9.97 Å². The van der Waals surface area contributed by atoms with Gasteiger partial charge in [0.1, 0.15) is 10.7 Å². The lowest BCUT2D eigenvalue weighted by atomic mass is 10.3. The Hall–Kier alpha value is -1.09. The number of hydrogen-bond donors (Lipinski definition) is 1. The van der Waals surface area contributed by atoms with E-state index in [4.69, 9.17) is 11.6 Å². The second kappa shape index (κ2) is 2.45. The molecule has 0 unspecified atom stereocenters. The Labute approximate surface area is 80.2 Å². The molecule has 0 aromatic carbocycles. The average Bonchev–Trinajstić information content (AvgIpc) is 2.87. The lowest BCUT2D eigenvalue weighted by Gasteiger charge is -1.87. The Morgan fingerprint density at radius 3 is 3.08 bits per heavy atom. The number of fused-ring (bicyclic) bond motifs is 1. The van der Waals surface area contributed by atoms with Crippen molar-refractivity contribution in [2.24, 2.45) is 0 Å². The first-order valence-corrected chi connectivity index (χ1v) is 4.72. The second-order valence-electron chi connectivity index (χ2n) is 3.43. The van der Waals surface area contributed by atoms with Gasteiger partial charge in [-0.2, -0.15) is 0 Å². The standard InChI is InChI=1S/C9H8ClN3/c10-8-4-11-9-7(12-8)3-6(13-9)5-1-2-5/h3-5H,1-2H2,(H,11,13). The number of halogens is 1. The molecule has 2 aromatic rings. The van der Waals surface area contributed by atoms with E-state index >= 15 is 0 Å². The number of H-pyrrole nitrogens is 1. The summed E-state index contributed by atoms with van der Waals surface area (Å²) in [4.78, 5) is 11.6.